The summed E-state index contributed by atoms with van der Waals surface area (Å²) in [4.78, 5) is 11.8. The number of hydrogen-bond acceptors (Lipinski definition) is 3. The molecule has 1 aliphatic carbocycles. The van der Waals surface area contributed by atoms with Gasteiger partial charge >= 0.3 is 5.97 Å². The van der Waals surface area contributed by atoms with Crippen molar-refractivity contribution in [2.24, 2.45) is 11.7 Å². The number of nitrogens with two attached hydrogens (primary N) is 1. The first-order valence-corrected chi connectivity index (χ1v) is 7.22. The van der Waals surface area contributed by atoms with Crippen LogP contribution >= 0.6 is 12.4 Å². The summed E-state index contributed by atoms with van der Waals surface area (Å²) in [7, 11) is 0. The lowest BCUT2D eigenvalue weighted by Crippen LogP contribution is -2.34. The first-order chi connectivity index (χ1) is 9.25. The van der Waals surface area contributed by atoms with E-state index in [4.69, 9.17) is 10.5 Å². The third-order valence-electron chi connectivity index (χ3n) is 3.84. The van der Waals surface area contributed by atoms with Crippen LogP contribution in [0.2, 0.25) is 0 Å². The van der Waals surface area contributed by atoms with Crippen molar-refractivity contribution >= 4 is 18.4 Å². The van der Waals surface area contributed by atoms with E-state index >= 15 is 0 Å². The van der Waals surface area contributed by atoms with Crippen molar-refractivity contribution in [3.05, 3.63) is 35.9 Å². The Bertz CT molecular complexity index is 391. The predicted octanol–water partition coefficient (Wildman–Crippen LogP) is 3.45. The Kier molecular flexibility index (Phi) is 7.63. The second-order valence-electron chi connectivity index (χ2n) is 5.44. The molecule has 4 heteroatoms. The summed E-state index contributed by atoms with van der Waals surface area (Å²) in [5, 5.41) is 0. The van der Waals surface area contributed by atoms with Crippen molar-refractivity contribution in [3.8, 4) is 0 Å². The molecular weight excluding hydrogens is 274 g/mol. The zero-order valence-corrected chi connectivity index (χ0v) is 12.6. The molecule has 1 aromatic rings. The summed E-state index contributed by atoms with van der Waals surface area (Å²) >= 11 is 0. The highest BCUT2D eigenvalue weighted by atomic mass is 35.5. The molecule has 0 amide bonds. The minimum absolute atomic E-state index is 0. The number of ether oxygens (including phenoxy) is 1. The molecule has 3 nitrogen and oxygen atoms in total. The lowest BCUT2D eigenvalue weighted by Gasteiger charge is -2.23. The topological polar surface area (TPSA) is 52.3 Å². The van der Waals surface area contributed by atoms with Crippen LogP contribution in [0.1, 0.15) is 44.1 Å². The van der Waals surface area contributed by atoms with Crippen molar-refractivity contribution in [3.63, 3.8) is 0 Å². The molecular formula is C16H24ClNO2. The van der Waals surface area contributed by atoms with Crippen LogP contribution in [-0.2, 0) is 16.1 Å². The number of carbonyl (C=O) groups is 1. The third-order valence-corrected chi connectivity index (χ3v) is 3.84. The zero-order valence-electron chi connectivity index (χ0n) is 11.8. The molecule has 2 N–H and O–H groups in total. The Morgan fingerprint density at radius 1 is 1.20 bits per heavy atom. The molecule has 0 aliphatic heterocycles. The maximum Gasteiger partial charge on any atom is 0.323 e. The van der Waals surface area contributed by atoms with Gasteiger partial charge in [-0.2, -0.15) is 0 Å². The Labute approximate surface area is 127 Å². The molecule has 0 bridgehead atoms. The highest BCUT2D eigenvalue weighted by Crippen LogP contribution is 2.27. The average Bonchev–Trinajstić information content (AvgIpc) is 2.47. The smallest absolute Gasteiger partial charge is 0.323 e. The Morgan fingerprint density at radius 2 is 1.85 bits per heavy atom. The van der Waals surface area contributed by atoms with E-state index in [1.165, 1.54) is 32.1 Å². The number of carbonyl (C=O) groups excluding carboxylic acids is 1. The molecule has 1 aliphatic rings. The monoisotopic (exact) mass is 297 g/mol. The van der Waals surface area contributed by atoms with E-state index in [1.807, 2.05) is 30.3 Å². The van der Waals surface area contributed by atoms with E-state index in [2.05, 4.69) is 0 Å². The average molecular weight is 298 g/mol. The van der Waals surface area contributed by atoms with Crippen LogP contribution in [0.5, 0.6) is 0 Å². The molecule has 2 rings (SSSR count). The molecule has 1 fully saturated rings. The molecule has 112 valence electrons. The molecule has 20 heavy (non-hydrogen) atoms. The SMILES string of the molecule is Cl.NC(CC1CCCCC1)C(=O)OCc1ccccc1. The van der Waals surface area contributed by atoms with E-state index < -0.39 is 6.04 Å². The van der Waals surface area contributed by atoms with Gasteiger partial charge in [0.15, 0.2) is 0 Å². The van der Waals surface area contributed by atoms with E-state index in [9.17, 15) is 4.79 Å². The van der Waals surface area contributed by atoms with Gasteiger partial charge in [-0.25, -0.2) is 0 Å². The van der Waals surface area contributed by atoms with E-state index in [0.29, 0.717) is 12.5 Å². The van der Waals surface area contributed by atoms with Gasteiger partial charge in [0.1, 0.15) is 12.6 Å². The van der Waals surface area contributed by atoms with Gasteiger partial charge in [-0.3, -0.25) is 4.79 Å². The first-order valence-electron chi connectivity index (χ1n) is 7.22. The molecule has 1 aromatic carbocycles. The van der Waals surface area contributed by atoms with Crippen LogP contribution < -0.4 is 5.73 Å². The molecule has 0 heterocycles. The van der Waals surface area contributed by atoms with Gasteiger partial charge in [-0.1, -0.05) is 62.4 Å². The summed E-state index contributed by atoms with van der Waals surface area (Å²) in [5.41, 5.74) is 6.94. The van der Waals surface area contributed by atoms with Crippen LogP contribution in [0.25, 0.3) is 0 Å². The first kappa shape index (κ1) is 17.0. The molecule has 0 spiro atoms. The fraction of sp³-hybridized carbons (Fsp3) is 0.562. The Hall–Kier alpha value is -1.06. The van der Waals surface area contributed by atoms with Crippen LogP contribution in [0, 0.1) is 5.92 Å². The van der Waals surface area contributed by atoms with Crippen molar-refractivity contribution in [1.29, 1.82) is 0 Å². The highest BCUT2D eigenvalue weighted by molar-refractivity contribution is 5.85. The molecule has 0 aromatic heterocycles. The second-order valence-corrected chi connectivity index (χ2v) is 5.44. The van der Waals surface area contributed by atoms with Crippen molar-refractivity contribution in [1.82, 2.24) is 0 Å². The lowest BCUT2D eigenvalue weighted by atomic mass is 9.85. The molecule has 1 atom stereocenters. The summed E-state index contributed by atoms with van der Waals surface area (Å²) in [6, 6.07) is 9.24. The highest BCUT2D eigenvalue weighted by Gasteiger charge is 2.22. The van der Waals surface area contributed by atoms with E-state index in [1.54, 1.807) is 0 Å². The quantitative estimate of drug-likeness (QED) is 0.847. The normalized spacial score (nSPS) is 17.1. The van der Waals surface area contributed by atoms with Crippen LogP contribution in [0.15, 0.2) is 30.3 Å². The number of halogens is 1. The summed E-state index contributed by atoms with van der Waals surface area (Å²) in [6.07, 6.45) is 7.06. The van der Waals surface area contributed by atoms with E-state index in [-0.39, 0.29) is 18.4 Å². The van der Waals surface area contributed by atoms with Gasteiger partial charge in [0.25, 0.3) is 0 Å². The van der Waals surface area contributed by atoms with Gasteiger partial charge in [-0.15, -0.1) is 12.4 Å². The summed E-state index contributed by atoms with van der Waals surface area (Å²) in [6.45, 7) is 0.317. The fourth-order valence-corrected chi connectivity index (χ4v) is 2.71. The number of benzene rings is 1. The molecule has 1 saturated carbocycles. The van der Waals surface area contributed by atoms with Crippen molar-refractivity contribution in [2.75, 3.05) is 0 Å². The summed E-state index contributed by atoms with van der Waals surface area (Å²) < 4.78 is 5.27. The maximum atomic E-state index is 11.8. The minimum atomic E-state index is -0.466. The van der Waals surface area contributed by atoms with Crippen molar-refractivity contribution < 1.29 is 9.53 Å². The standard InChI is InChI=1S/C16H23NO2.ClH/c17-15(11-13-7-3-1-4-8-13)16(18)19-12-14-9-5-2-6-10-14;/h2,5-6,9-10,13,15H,1,3-4,7-8,11-12,17H2;1H. The minimum Gasteiger partial charge on any atom is -0.460 e. The van der Waals surface area contributed by atoms with Gasteiger partial charge < -0.3 is 10.5 Å². The second kappa shape index (κ2) is 8.98. The number of esters is 1. The van der Waals surface area contributed by atoms with Crippen LogP contribution in [-0.4, -0.2) is 12.0 Å². The largest absolute Gasteiger partial charge is 0.460 e. The predicted molar refractivity (Wildman–Crippen MR) is 82.7 cm³/mol. The van der Waals surface area contributed by atoms with Crippen LogP contribution in [0.3, 0.4) is 0 Å². The number of rotatable bonds is 5. The van der Waals surface area contributed by atoms with Crippen LogP contribution in [0.4, 0.5) is 0 Å². The summed E-state index contributed by atoms with van der Waals surface area (Å²) in [5.74, 6) is 0.336. The molecule has 0 saturated heterocycles. The Morgan fingerprint density at radius 3 is 2.50 bits per heavy atom. The van der Waals surface area contributed by atoms with Gasteiger partial charge in [0.05, 0.1) is 0 Å². The lowest BCUT2D eigenvalue weighted by molar-refractivity contribution is -0.147. The molecule has 1 unspecified atom stereocenters. The fourth-order valence-electron chi connectivity index (χ4n) is 2.71. The number of hydrogen-bond donors (Lipinski definition) is 1. The Balaban J connectivity index is 0.00000200. The van der Waals surface area contributed by atoms with E-state index in [0.717, 1.165) is 12.0 Å². The third kappa shape index (κ3) is 5.51. The van der Waals surface area contributed by atoms with Gasteiger partial charge in [0, 0.05) is 0 Å². The maximum absolute atomic E-state index is 11.8. The van der Waals surface area contributed by atoms with Crippen molar-refractivity contribution in [2.45, 2.75) is 51.2 Å². The van der Waals surface area contributed by atoms with Gasteiger partial charge in [-0.05, 0) is 17.9 Å². The molecule has 0 radical (unpaired) electrons. The zero-order chi connectivity index (χ0) is 13.5. The van der Waals surface area contributed by atoms with Gasteiger partial charge in [0.2, 0.25) is 0 Å².